The van der Waals surface area contributed by atoms with E-state index in [1.165, 1.54) is 44.9 Å². The minimum atomic E-state index is 1.05. The van der Waals surface area contributed by atoms with Crippen molar-refractivity contribution in [2.24, 2.45) is 11.8 Å². The average Bonchev–Trinajstić information content (AvgIpc) is 2.49. The summed E-state index contributed by atoms with van der Waals surface area (Å²) in [5.74, 6) is 2.16. The SMILES string of the molecule is C1CCC2=C(C1)C[C@H]1CC[C@@H]2C1. The molecule has 0 heterocycles. The Hall–Kier alpha value is -0.260. The monoisotopic (exact) mass is 162 g/mol. The van der Waals surface area contributed by atoms with E-state index in [1.54, 1.807) is 6.42 Å². The van der Waals surface area contributed by atoms with E-state index >= 15 is 0 Å². The lowest BCUT2D eigenvalue weighted by atomic mass is 9.76. The van der Waals surface area contributed by atoms with Gasteiger partial charge in [-0.1, -0.05) is 11.1 Å². The maximum absolute atomic E-state index is 1.93. The molecule has 0 unspecified atom stereocenters. The Morgan fingerprint density at radius 1 is 1.00 bits per heavy atom. The van der Waals surface area contributed by atoms with Crippen molar-refractivity contribution in [3.05, 3.63) is 11.1 Å². The van der Waals surface area contributed by atoms with Crippen LogP contribution in [0.2, 0.25) is 0 Å². The van der Waals surface area contributed by atoms with Crippen LogP contribution in [-0.4, -0.2) is 0 Å². The summed E-state index contributed by atoms with van der Waals surface area (Å²) in [5, 5.41) is 0. The molecule has 12 heavy (non-hydrogen) atoms. The second-order valence-electron chi connectivity index (χ2n) is 4.92. The molecule has 0 aliphatic heterocycles. The van der Waals surface area contributed by atoms with Gasteiger partial charge < -0.3 is 0 Å². The van der Waals surface area contributed by atoms with Gasteiger partial charge in [0.2, 0.25) is 0 Å². The van der Waals surface area contributed by atoms with E-state index in [9.17, 15) is 0 Å². The zero-order valence-electron chi connectivity index (χ0n) is 7.81. The highest BCUT2D eigenvalue weighted by Crippen LogP contribution is 2.49. The third kappa shape index (κ3) is 0.967. The van der Waals surface area contributed by atoms with Crippen molar-refractivity contribution >= 4 is 0 Å². The topological polar surface area (TPSA) is 0 Å². The lowest BCUT2D eigenvalue weighted by Gasteiger charge is -2.30. The van der Waals surface area contributed by atoms with Crippen LogP contribution in [0.15, 0.2) is 11.1 Å². The molecule has 3 aliphatic rings. The van der Waals surface area contributed by atoms with E-state index in [0.717, 1.165) is 11.8 Å². The molecule has 1 saturated carbocycles. The van der Waals surface area contributed by atoms with E-state index in [-0.39, 0.29) is 0 Å². The number of rotatable bonds is 0. The van der Waals surface area contributed by atoms with Crippen molar-refractivity contribution in [3.8, 4) is 0 Å². The molecule has 0 heteroatoms. The van der Waals surface area contributed by atoms with E-state index < -0.39 is 0 Å². The van der Waals surface area contributed by atoms with Gasteiger partial charge in [-0.25, -0.2) is 0 Å². The second-order valence-corrected chi connectivity index (χ2v) is 4.92. The van der Waals surface area contributed by atoms with Crippen LogP contribution in [-0.2, 0) is 0 Å². The lowest BCUT2D eigenvalue weighted by Crippen LogP contribution is -2.14. The molecule has 1 fully saturated rings. The summed E-state index contributed by atoms with van der Waals surface area (Å²) in [6, 6.07) is 0. The molecule has 0 amide bonds. The highest BCUT2D eigenvalue weighted by Gasteiger charge is 2.34. The Morgan fingerprint density at radius 2 is 1.92 bits per heavy atom. The summed E-state index contributed by atoms with van der Waals surface area (Å²) < 4.78 is 0. The number of hydrogen-bond donors (Lipinski definition) is 0. The molecule has 0 radical (unpaired) electrons. The molecule has 0 nitrogen and oxygen atoms in total. The van der Waals surface area contributed by atoms with Crippen molar-refractivity contribution in [1.82, 2.24) is 0 Å². The molecule has 66 valence electrons. The zero-order valence-corrected chi connectivity index (χ0v) is 7.81. The molecule has 3 rings (SSSR count). The molecule has 3 aliphatic carbocycles. The molecule has 0 aromatic carbocycles. The van der Waals surface area contributed by atoms with Gasteiger partial charge in [-0.2, -0.15) is 0 Å². The lowest BCUT2D eigenvalue weighted by molar-refractivity contribution is 0.440. The quantitative estimate of drug-likeness (QED) is 0.477. The van der Waals surface area contributed by atoms with Crippen molar-refractivity contribution in [2.45, 2.75) is 51.4 Å². The Kier molecular flexibility index (Phi) is 1.56. The van der Waals surface area contributed by atoms with Gasteiger partial charge in [0.05, 0.1) is 0 Å². The number of hydrogen-bond acceptors (Lipinski definition) is 0. The van der Waals surface area contributed by atoms with Crippen molar-refractivity contribution in [1.29, 1.82) is 0 Å². The Bertz CT molecular complexity index is 224. The standard InChI is InChI=1S/C12H18/c1-2-4-12-10(3-1)7-9-5-6-11(12)8-9/h9,11H,1-8H2/t9-,11-/m1/s1. The van der Waals surface area contributed by atoms with E-state index in [1.807, 2.05) is 11.1 Å². The number of fused-ring (bicyclic) bond motifs is 3. The summed E-state index contributed by atoms with van der Waals surface area (Å²) in [4.78, 5) is 0. The third-order valence-corrected chi connectivity index (χ3v) is 4.20. The molecule has 0 spiro atoms. The Morgan fingerprint density at radius 3 is 2.92 bits per heavy atom. The minimum absolute atomic E-state index is 1.05. The van der Waals surface area contributed by atoms with Gasteiger partial charge in [-0.15, -0.1) is 0 Å². The van der Waals surface area contributed by atoms with Crippen molar-refractivity contribution < 1.29 is 0 Å². The summed E-state index contributed by atoms with van der Waals surface area (Å²) in [6.45, 7) is 0. The molecular weight excluding hydrogens is 144 g/mol. The molecule has 0 aromatic rings. The number of allylic oxidation sites excluding steroid dienone is 2. The summed E-state index contributed by atoms with van der Waals surface area (Å²) in [5.41, 5.74) is 3.83. The fraction of sp³-hybridized carbons (Fsp3) is 0.833. The summed E-state index contributed by atoms with van der Waals surface area (Å²) in [6.07, 6.45) is 12.0. The molecule has 0 aromatic heterocycles. The van der Waals surface area contributed by atoms with Crippen molar-refractivity contribution in [2.75, 3.05) is 0 Å². The minimum Gasteiger partial charge on any atom is -0.0705 e. The van der Waals surface area contributed by atoms with Crippen molar-refractivity contribution in [3.63, 3.8) is 0 Å². The molecular formula is C12H18. The van der Waals surface area contributed by atoms with Crippen LogP contribution in [0.25, 0.3) is 0 Å². The first-order chi connectivity index (χ1) is 5.93. The van der Waals surface area contributed by atoms with Gasteiger partial charge in [0.25, 0.3) is 0 Å². The molecule has 0 saturated heterocycles. The fourth-order valence-electron chi connectivity index (χ4n) is 3.64. The summed E-state index contributed by atoms with van der Waals surface area (Å²) in [7, 11) is 0. The van der Waals surface area contributed by atoms with Gasteiger partial charge in [0.1, 0.15) is 0 Å². The summed E-state index contributed by atoms with van der Waals surface area (Å²) >= 11 is 0. The average molecular weight is 162 g/mol. The van der Waals surface area contributed by atoms with Crippen LogP contribution >= 0.6 is 0 Å². The Balaban J connectivity index is 1.95. The van der Waals surface area contributed by atoms with Gasteiger partial charge in [0, 0.05) is 0 Å². The maximum Gasteiger partial charge on any atom is -0.0198 e. The first kappa shape index (κ1) is 7.17. The fourth-order valence-corrected chi connectivity index (χ4v) is 3.64. The molecule has 2 bridgehead atoms. The zero-order chi connectivity index (χ0) is 7.97. The largest absolute Gasteiger partial charge is 0.0705 e. The Labute approximate surface area is 75.0 Å². The van der Waals surface area contributed by atoms with E-state index in [4.69, 9.17) is 0 Å². The maximum atomic E-state index is 1.93. The highest BCUT2D eigenvalue weighted by atomic mass is 14.4. The van der Waals surface area contributed by atoms with Crippen LogP contribution < -0.4 is 0 Å². The van der Waals surface area contributed by atoms with E-state index in [2.05, 4.69) is 0 Å². The van der Waals surface area contributed by atoms with Crippen LogP contribution in [0, 0.1) is 11.8 Å². The van der Waals surface area contributed by atoms with E-state index in [0.29, 0.717) is 0 Å². The van der Waals surface area contributed by atoms with Gasteiger partial charge in [0.15, 0.2) is 0 Å². The van der Waals surface area contributed by atoms with Crippen LogP contribution in [0.4, 0.5) is 0 Å². The highest BCUT2D eigenvalue weighted by molar-refractivity contribution is 5.25. The van der Waals surface area contributed by atoms with Crippen LogP contribution in [0.5, 0.6) is 0 Å². The normalized spacial score (nSPS) is 40.0. The molecule has 2 atom stereocenters. The van der Waals surface area contributed by atoms with Crippen LogP contribution in [0.1, 0.15) is 51.4 Å². The van der Waals surface area contributed by atoms with Gasteiger partial charge >= 0.3 is 0 Å². The van der Waals surface area contributed by atoms with Crippen LogP contribution in [0.3, 0.4) is 0 Å². The predicted octanol–water partition coefficient (Wildman–Crippen LogP) is 3.68. The first-order valence-electron chi connectivity index (χ1n) is 5.64. The van der Waals surface area contributed by atoms with Gasteiger partial charge in [-0.05, 0) is 63.2 Å². The smallest absolute Gasteiger partial charge is 0.0198 e. The first-order valence-corrected chi connectivity index (χ1v) is 5.64. The van der Waals surface area contributed by atoms with Gasteiger partial charge in [-0.3, -0.25) is 0 Å². The third-order valence-electron chi connectivity index (χ3n) is 4.20. The molecule has 0 N–H and O–H groups in total. The second kappa shape index (κ2) is 2.61. The predicted molar refractivity (Wildman–Crippen MR) is 50.9 cm³/mol.